The van der Waals surface area contributed by atoms with Gasteiger partial charge in [-0.3, -0.25) is 0 Å². The highest BCUT2D eigenvalue weighted by atomic mass is 35.5. The lowest BCUT2D eigenvalue weighted by Gasteiger charge is -2.43. The number of halogens is 7. The van der Waals surface area contributed by atoms with Gasteiger partial charge in [0.2, 0.25) is 10.0 Å². The molecule has 1 aliphatic carbocycles. The van der Waals surface area contributed by atoms with Crippen molar-refractivity contribution in [1.29, 1.82) is 0 Å². The number of hydrogen-bond donors (Lipinski definition) is 1. The van der Waals surface area contributed by atoms with Crippen LogP contribution in [0.25, 0.3) is 0 Å². The summed E-state index contributed by atoms with van der Waals surface area (Å²) >= 11 is 5.27. The third-order valence-corrected chi connectivity index (χ3v) is 9.52. The Kier molecular flexibility index (Phi) is 9.71. The number of allylic oxidation sites excluding steroid dienone is 4. The third kappa shape index (κ3) is 6.48. The van der Waals surface area contributed by atoms with Crippen molar-refractivity contribution in [3.63, 3.8) is 0 Å². The number of sulfonamides is 1. The number of piperazine rings is 1. The summed E-state index contributed by atoms with van der Waals surface area (Å²) in [7, 11) is -3.94. The van der Waals surface area contributed by atoms with Crippen LogP contribution in [0, 0.1) is 6.92 Å². The Labute approximate surface area is 245 Å². The summed E-state index contributed by atoms with van der Waals surface area (Å²) < 4.78 is 108. The molecule has 1 atom stereocenters. The van der Waals surface area contributed by atoms with E-state index in [0.29, 0.717) is 30.7 Å². The molecule has 0 saturated carbocycles. The number of nitrogens with zero attached hydrogens (tertiary/aromatic N) is 2. The van der Waals surface area contributed by atoms with Crippen molar-refractivity contribution in [2.75, 3.05) is 24.5 Å². The normalized spacial score (nSPS) is 19.1. The Hall–Kier alpha value is -2.45. The number of aliphatic hydroxyl groups is 1. The SMILES string of the molecule is Cc1ccc(CC2CN(S(=O)(=O)C3=CC=CCC3=S)CCN2c2ccc(C(O)(C(F)(F)F)C(F)(F)F)cc2)cc1.Cl. The molecule has 224 valence electrons. The smallest absolute Gasteiger partial charge is 0.369 e. The van der Waals surface area contributed by atoms with Crippen LogP contribution in [0.1, 0.15) is 23.1 Å². The monoisotopic (exact) mass is 640 g/mol. The molecule has 5 nitrogen and oxygen atoms in total. The number of benzene rings is 2. The lowest BCUT2D eigenvalue weighted by atomic mass is 9.92. The van der Waals surface area contributed by atoms with Gasteiger partial charge in [-0.05, 0) is 37.1 Å². The second kappa shape index (κ2) is 12.0. The Balaban J connectivity index is 0.00000462. The molecule has 2 aromatic carbocycles. The lowest BCUT2D eigenvalue weighted by Crippen LogP contribution is -2.56. The summed E-state index contributed by atoms with van der Waals surface area (Å²) in [5.74, 6) is 0. The van der Waals surface area contributed by atoms with E-state index in [1.165, 1.54) is 10.4 Å². The van der Waals surface area contributed by atoms with E-state index in [1.807, 2.05) is 31.2 Å². The number of thiocarbonyl (C=S) groups is 1. The fourth-order valence-electron chi connectivity index (χ4n) is 4.83. The summed E-state index contributed by atoms with van der Waals surface area (Å²) in [6, 6.07) is 10.4. The molecule has 2 aliphatic rings. The topological polar surface area (TPSA) is 60.9 Å². The summed E-state index contributed by atoms with van der Waals surface area (Å²) in [5, 5.41) is 9.74. The predicted octanol–water partition coefficient (Wildman–Crippen LogP) is 6.01. The summed E-state index contributed by atoms with van der Waals surface area (Å²) in [4.78, 5) is 2.08. The van der Waals surface area contributed by atoms with Crippen molar-refractivity contribution in [2.45, 2.75) is 43.8 Å². The largest absolute Gasteiger partial charge is 0.430 e. The van der Waals surface area contributed by atoms with Crippen molar-refractivity contribution in [1.82, 2.24) is 4.31 Å². The first-order valence-electron chi connectivity index (χ1n) is 12.2. The molecule has 1 heterocycles. The zero-order valence-electron chi connectivity index (χ0n) is 21.6. The fraction of sp³-hybridized carbons (Fsp3) is 0.370. The minimum atomic E-state index is -6.00. The van der Waals surface area contributed by atoms with Crippen LogP contribution >= 0.6 is 24.6 Å². The Morgan fingerprint density at radius 1 is 0.951 bits per heavy atom. The number of alkyl halides is 6. The third-order valence-electron chi connectivity index (χ3n) is 7.05. The van der Waals surface area contributed by atoms with Gasteiger partial charge in [0.25, 0.3) is 5.60 Å². The van der Waals surface area contributed by atoms with Crippen LogP contribution in [-0.2, 0) is 22.0 Å². The Bertz CT molecular complexity index is 1410. The van der Waals surface area contributed by atoms with Crippen molar-refractivity contribution >= 4 is 45.2 Å². The zero-order valence-corrected chi connectivity index (χ0v) is 24.1. The molecule has 1 unspecified atom stereocenters. The number of hydrogen-bond acceptors (Lipinski definition) is 5. The first-order valence-corrected chi connectivity index (χ1v) is 14.1. The minimum absolute atomic E-state index is 0. The zero-order chi connectivity index (χ0) is 29.5. The van der Waals surface area contributed by atoms with E-state index in [4.69, 9.17) is 12.2 Å². The van der Waals surface area contributed by atoms with E-state index in [-0.39, 0.29) is 41.8 Å². The van der Waals surface area contributed by atoms with Crippen LogP contribution in [0.3, 0.4) is 0 Å². The molecule has 1 saturated heterocycles. The van der Waals surface area contributed by atoms with Crippen molar-refractivity contribution in [3.8, 4) is 0 Å². The van der Waals surface area contributed by atoms with Gasteiger partial charge >= 0.3 is 12.4 Å². The van der Waals surface area contributed by atoms with Gasteiger partial charge in [-0.15, -0.1) is 12.4 Å². The highest BCUT2D eigenvalue weighted by molar-refractivity contribution is 7.96. The molecule has 0 spiro atoms. The first-order chi connectivity index (χ1) is 18.6. The maximum Gasteiger partial charge on any atom is 0.430 e. The second-order valence-electron chi connectivity index (χ2n) is 9.74. The minimum Gasteiger partial charge on any atom is -0.369 e. The summed E-state index contributed by atoms with van der Waals surface area (Å²) in [5.41, 5.74) is -4.22. The van der Waals surface area contributed by atoms with Crippen LogP contribution in [0.15, 0.2) is 71.7 Å². The van der Waals surface area contributed by atoms with E-state index in [1.54, 1.807) is 17.1 Å². The van der Waals surface area contributed by atoms with Gasteiger partial charge in [-0.25, -0.2) is 8.42 Å². The van der Waals surface area contributed by atoms with E-state index in [2.05, 4.69) is 0 Å². The van der Waals surface area contributed by atoms with Gasteiger partial charge in [0.15, 0.2) is 0 Å². The van der Waals surface area contributed by atoms with E-state index in [0.717, 1.165) is 23.3 Å². The maximum absolute atomic E-state index is 13.5. The fourth-order valence-corrected chi connectivity index (χ4v) is 6.90. The predicted molar refractivity (Wildman–Crippen MR) is 151 cm³/mol. The molecule has 1 fully saturated rings. The molecule has 1 aliphatic heterocycles. The average molecular weight is 641 g/mol. The van der Waals surface area contributed by atoms with Crippen LogP contribution in [0.5, 0.6) is 0 Å². The molecular formula is C27H27ClF6N2O3S2. The number of rotatable bonds is 6. The van der Waals surface area contributed by atoms with Crippen molar-refractivity contribution in [3.05, 3.63) is 88.4 Å². The van der Waals surface area contributed by atoms with Crippen LogP contribution in [-0.4, -0.2) is 60.7 Å². The van der Waals surface area contributed by atoms with E-state index < -0.39 is 39.6 Å². The second-order valence-corrected chi connectivity index (χ2v) is 12.1. The standard InChI is InChI=1S/C27H26F6N2O3S2.ClH/c1-18-6-8-19(9-7-18)16-22-17-34(40(37,38)24-5-3-2-4-23(24)39)14-15-35(22)21-12-10-20(11-13-21)25(36,26(28,29)30)27(31,32)33;/h2-3,5-13,22,36H,4,14-17H2,1H3;1H. The van der Waals surface area contributed by atoms with Gasteiger partial charge in [-0.1, -0.05) is 66.3 Å². The van der Waals surface area contributed by atoms with E-state index >= 15 is 0 Å². The molecule has 4 rings (SSSR count). The van der Waals surface area contributed by atoms with E-state index in [9.17, 15) is 39.9 Å². The van der Waals surface area contributed by atoms with Gasteiger partial charge in [-0.2, -0.15) is 30.6 Å². The molecular weight excluding hydrogens is 614 g/mol. The van der Waals surface area contributed by atoms with Crippen LogP contribution in [0.4, 0.5) is 32.0 Å². The van der Waals surface area contributed by atoms with Gasteiger partial charge < -0.3 is 10.0 Å². The summed E-state index contributed by atoms with van der Waals surface area (Å²) in [6.45, 7) is 2.06. The molecule has 14 heteroatoms. The highest BCUT2D eigenvalue weighted by Gasteiger charge is 2.71. The molecule has 2 aromatic rings. The average Bonchev–Trinajstić information content (AvgIpc) is 2.88. The molecule has 0 bridgehead atoms. The molecule has 41 heavy (non-hydrogen) atoms. The molecule has 0 amide bonds. The molecule has 1 N–H and O–H groups in total. The first kappa shape index (κ1) is 33.1. The van der Waals surface area contributed by atoms with Crippen molar-refractivity contribution < 1.29 is 39.9 Å². The molecule has 0 aromatic heterocycles. The molecule has 0 radical (unpaired) electrons. The summed E-state index contributed by atoms with van der Waals surface area (Å²) in [6.07, 6.45) is -6.50. The van der Waals surface area contributed by atoms with Crippen molar-refractivity contribution in [2.24, 2.45) is 0 Å². The Morgan fingerprint density at radius 3 is 2.07 bits per heavy atom. The van der Waals surface area contributed by atoms with Gasteiger partial charge in [0.1, 0.15) is 0 Å². The lowest BCUT2D eigenvalue weighted by molar-refractivity contribution is -0.376. The Morgan fingerprint density at radius 2 is 1.54 bits per heavy atom. The van der Waals surface area contributed by atoms with Gasteiger partial charge in [0, 0.05) is 48.2 Å². The maximum atomic E-state index is 13.5. The number of aryl methyl sites for hydroxylation is 1. The van der Waals surface area contributed by atoms with Crippen LogP contribution < -0.4 is 4.90 Å². The number of anilines is 1. The quantitative estimate of drug-likeness (QED) is 0.310. The highest BCUT2D eigenvalue weighted by Crippen LogP contribution is 2.50. The van der Waals surface area contributed by atoms with Gasteiger partial charge in [0.05, 0.1) is 4.91 Å². The van der Waals surface area contributed by atoms with Crippen LogP contribution in [0.2, 0.25) is 0 Å².